The molecule has 0 atom stereocenters. The van der Waals surface area contributed by atoms with Crippen molar-refractivity contribution in [3.05, 3.63) is 129 Å². The minimum Gasteiger partial charge on any atom is -0.415 e. The second-order valence-corrected chi connectivity index (χ2v) is 16.4. The van der Waals surface area contributed by atoms with E-state index in [1.807, 2.05) is 0 Å². The quantitative estimate of drug-likeness (QED) is 0.0884. The molecule has 0 unspecified atom stereocenters. The lowest BCUT2D eigenvalue weighted by Crippen LogP contribution is -2.34. The Morgan fingerprint density at radius 1 is 0.737 bits per heavy atom. The van der Waals surface area contributed by atoms with E-state index in [9.17, 15) is 52.8 Å². The summed E-state index contributed by atoms with van der Waals surface area (Å²) < 4.78 is 134. The van der Waals surface area contributed by atoms with E-state index in [0.717, 1.165) is 33.3 Å². The molecule has 0 spiro atoms. The van der Waals surface area contributed by atoms with Crippen LogP contribution in [0.1, 0.15) is 33.8 Å². The molecule has 0 aliphatic rings. The number of hydrogen-bond acceptors (Lipinski definition) is 9. The van der Waals surface area contributed by atoms with Crippen molar-refractivity contribution in [2.45, 2.75) is 25.9 Å². The number of para-hydroxylation sites is 2. The second-order valence-electron chi connectivity index (χ2n) is 11.7. The molecule has 12 nitrogen and oxygen atoms in total. The monoisotopic (exact) mass is 879 g/mol. The third-order valence-corrected chi connectivity index (χ3v) is 10.5. The molecule has 0 saturated heterocycles. The predicted octanol–water partition coefficient (Wildman–Crippen LogP) is 7.44. The molecule has 1 heterocycles. The Balaban J connectivity index is 0.000000253. The third-order valence-electron chi connectivity index (χ3n) is 7.59. The fourth-order valence-electron chi connectivity index (χ4n) is 4.82. The normalized spacial score (nSPS) is 11.6. The van der Waals surface area contributed by atoms with E-state index in [-0.39, 0.29) is 62.7 Å². The summed E-state index contributed by atoms with van der Waals surface area (Å²) in [5.74, 6) is -5.19. The lowest BCUT2D eigenvalue weighted by molar-refractivity contribution is -0.131. The number of anilines is 2. The summed E-state index contributed by atoms with van der Waals surface area (Å²) in [6.07, 6.45) is -4.29. The van der Waals surface area contributed by atoms with Crippen molar-refractivity contribution in [2.75, 3.05) is 27.7 Å². The molecule has 304 valence electrons. The van der Waals surface area contributed by atoms with Gasteiger partial charge in [-0.3, -0.25) is 18.2 Å². The minimum atomic E-state index is -3.81. The fraction of sp³-hybridized carbons (Fsp3) is 0.200. The minimum absolute atomic E-state index is 0.0384. The number of carbonyl (C=O) groups is 2. The van der Waals surface area contributed by atoms with Gasteiger partial charge in [-0.25, -0.2) is 25.6 Å². The zero-order valence-electron chi connectivity index (χ0n) is 29.3. The number of Topliss-reactive ketones (excluding diaryl/α,β-unsaturated/α-hetero) is 1. The lowest BCUT2D eigenvalue weighted by Gasteiger charge is -2.23. The number of hydrogen-bond donors (Lipinski definition) is 1. The van der Waals surface area contributed by atoms with Gasteiger partial charge in [0.05, 0.1) is 53.6 Å². The first kappa shape index (κ1) is 44.5. The first-order valence-corrected chi connectivity index (χ1v) is 20.3. The molecular weight excluding hydrogens is 851 g/mol. The first-order valence-electron chi connectivity index (χ1n) is 15.9. The van der Waals surface area contributed by atoms with E-state index in [0.29, 0.717) is 0 Å². The van der Waals surface area contributed by atoms with Crippen LogP contribution in [0.5, 0.6) is 0 Å². The highest BCUT2D eigenvalue weighted by atomic mass is 35.5. The number of benzene rings is 4. The van der Waals surface area contributed by atoms with E-state index in [4.69, 9.17) is 27.6 Å². The number of rotatable bonds is 14. The van der Waals surface area contributed by atoms with Gasteiger partial charge in [0, 0.05) is 22.3 Å². The van der Waals surface area contributed by atoms with Crippen molar-refractivity contribution in [3.8, 4) is 11.5 Å². The second kappa shape index (κ2) is 18.8. The van der Waals surface area contributed by atoms with Crippen LogP contribution in [-0.4, -0.2) is 64.2 Å². The SMILES string of the molecule is CS(=O)(=O)N(Cc1ccc(-c2nnc(C(F)F)o2)cc1F)c1ccccc1Cl.CS(=O)(=O)N(Cc1ccc(C(=O)CNC(=O)C(F)F)cc1F)c1ccccc1Cl. The zero-order valence-corrected chi connectivity index (χ0v) is 32.5. The van der Waals surface area contributed by atoms with Gasteiger partial charge in [-0.15, -0.1) is 10.2 Å². The van der Waals surface area contributed by atoms with E-state index < -0.39 is 68.7 Å². The molecule has 4 aromatic carbocycles. The molecule has 0 fully saturated rings. The molecule has 5 rings (SSSR count). The summed E-state index contributed by atoms with van der Waals surface area (Å²) in [5.41, 5.74) is 0.291. The highest BCUT2D eigenvalue weighted by molar-refractivity contribution is 7.92. The van der Waals surface area contributed by atoms with Crippen LogP contribution >= 0.6 is 23.2 Å². The summed E-state index contributed by atoms with van der Waals surface area (Å²) in [5, 5.41) is 8.71. The zero-order chi connectivity index (χ0) is 42.2. The summed E-state index contributed by atoms with van der Waals surface area (Å²) >= 11 is 12.1. The van der Waals surface area contributed by atoms with Gasteiger partial charge in [-0.05, 0) is 42.5 Å². The van der Waals surface area contributed by atoms with Crippen molar-refractivity contribution >= 4 is 66.3 Å². The summed E-state index contributed by atoms with van der Waals surface area (Å²) in [7, 11) is -7.58. The Morgan fingerprint density at radius 2 is 1.23 bits per heavy atom. The summed E-state index contributed by atoms with van der Waals surface area (Å²) in [4.78, 5) is 22.7. The Bertz CT molecular complexity index is 2480. The average Bonchev–Trinajstić information content (AvgIpc) is 3.64. The van der Waals surface area contributed by atoms with Crippen molar-refractivity contribution < 1.29 is 57.2 Å². The van der Waals surface area contributed by atoms with Crippen molar-refractivity contribution in [1.29, 1.82) is 0 Å². The summed E-state index contributed by atoms with van der Waals surface area (Å²) in [6.45, 7) is -1.43. The van der Waals surface area contributed by atoms with Crippen LogP contribution in [0.4, 0.5) is 37.7 Å². The highest BCUT2D eigenvalue weighted by Gasteiger charge is 2.25. The van der Waals surface area contributed by atoms with Gasteiger partial charge in [0.2, 0.25) is 25.9 Å². The molecular formula is C35H29Cl2F6N5O7S2. The Kier molecular flexibility index (Phi) is 14.7. The van der Waals surface area contributed by atoms with E-state index in [1.54, 1.807) is 29.6 Å². The van der Waals surface area contributed by atoms with Gasteiger partial charge in [-0.1, -0.05) is 65.7 Å². The number of nitrogens with zero attached hydrogens (tertiary/aromatic N) is 4. The van der Waals surface area contributed by atoms with E-state index in [1.165, 1.54) is 48.5 Å². The van der Waals surface area contributed by atoms with Crippen molar-refractivity contribution in [3.63, 3.8) is 0 Å². The van der Waals surface area contributed by atoms with Gasteiger partial charge < -0.3 is 9.73 Å². The lowest BCUT2D eigenvalue weighted by atomic mass is 10.1. The van der Waals surface area contributed by atoms with Crippen molar-refractivity contribution in [1.82, 2.24) is 15.5 Å². The van der Waals surface area contributed by atoms with Crippen LogP contribution in [0.2, 0.25) is 10.0 Å². The number of amides is 1. The van der Waals surface area contributed by atoms with Gasteiger partial charge in [0.25, 0.3) is 11.8 Å². The van der Waals surface area contributed by atoms with E-state index in [2.05, 4.69) is 10.2 Å². The number of alkyl halides is 4. The van der Waals surface area contributed by atoms with Crippen LogP contribution in [0.3, 0.4) is 0 Å². The van der Waals surface area contributed by atoms with Crippen molar-refractivity contribution in [2.24, 2.45) is 0 Å². The van der Waals surface area contributed by atoms with Crippen LogP contribution in [-0.2, 0) is 37.9 Å². The fourth-order valence-corrected chi connectivity index (χ4v) is 7.18. The van der Waals surface area contributed by atoms with Crippen LogP contribution in [0.25, 0.3) is 11.5 Å². The van der Waals surface area contributed by atoms with Crippen LogP contribution < -0.4 is 13.9 Å². The topological polar surface area (TPSA) is 160 Å². The third kappa shape index (κ3) is 11.9. The van der Waals surface area contributed by atoms with Gasteiger partial charge in [0.1, 0.15) is 11.6 Å². The molecule has 0 aliphatic heterocycles. The average molecular weight is 881 g/mol. The number of halogens is 8. The number of nitrogens with one attached hydrogen (secondary N) is 1. The Morgan fingerprint density at radius 3 is 1.65 bits per heavy atom. The number of carbonyl (C=O) groups excluding carboxylic acids is 2. The molecule has 57 heavy (non-hydrogen) atoms. The first-order chi connectivity index (χ1) is 26.7. The number of ketones is 1. The summed E-state index contributed by atoms with van der Waals surface area (Å²) in [6, 6.07) is 19.3. The molecule has 0 bridgehead atoms. The largest absolute Gasteiger partial charge is 0.415 e. The van der Waals surface area contributed by atoms with E-state index >= 15 is 0 Å². The molecule has 0 radical (unpaired) electrons. The molecule has 0 saturated carbocycles. The van der Waals surface area contributed by atoms with Gasteiger partial charge >= 0.3 is 12.9 Å². The molecule has 5 aromatic rings. The predicted molar refractivity (Wildman–Crippen MR) is 199 cm³/mol. The molecule has 1 N–H and O–H groups in total. The van der Waals surface area contributed by atoms with Crippen LogP contribution in [0, 0.1) is 11.6 Å². The van der Waals surface area contributed by atoms with Gasteiger partial charge in [-0.2, -0.15) is 17.6 Å². The molecule has 0 aliphatic carbocycles. The number of aromatic nitrogens is 2. The standard InChI is InChI=1S/C18H16ClF3N2O4S.C17H13ClF3N3O3S/c1-29(27,28)24(15-5-3-2-4-13(15)19)10-12-7-6-11(8-14(12)20)16(25)9-23-18(26)17(21)22;1-28(25,26)24(14-5-3-2-4-12(14)18)9-11-7-6-10(8-13(11)19)16-22-23-17(27-16)15(20)21/h2-8,17H,9-10H2,1H3,(H,23,26);2-8,15H,9H2,1H3. The Hall–Kier alpha value is -5.18. The molecule has 1 aromatic heterocycles. The van der Waals surface area contributed by atoms with Gasteiger partial charge in [0.15, 0.2) is 5.78 Å². The maximum absolute atomic E-state index is 14.6. The smallest absolute Gasteiger partial charge is 0.315 e. The molecule has 1 amide bonds. The van der Waals surface area contributed by atoms with Crippen LogP contribution in [0.15, 0.2) is 89.3 Å². The Labute approximate surface area is 332 Å². The highest BCUT2D eigenvalue weighted by Crippen LogP contribution is 2.32. The maximum Gasteiger partial charge on any atom is 0.315 e. The number of sulfonamides is 2. The molecule has 22 heteroatoms. The maximum atomic E-state index is 14.6.